The van der Waals surface area contributed by atoms with Crippen molar-refractivity contribution < 1.29 is 0 Å². The van der Waals surface area contributed by atoms with Crippen LogP contribution in [0.5, 0.6) is 0 Å². The fraction of sp³-hybridized carbons (Fsp3) is 0. The van der Waals surface area contributed by atoms with Gasteiger partial charge in [-0.15, -0.1) is 0 Å². The van der Waals surface area contributed by atoms with Crippen molar-refractivity contribution in [3.8, 4) is 33.8 Å². The molecule has 0 bridgehead atoms. The second-order valence-corrected chi connectivity index (χ2v) is 11.2. The summed E-state index contributed by atoms with van der Waals surface area (Å²) in [7, 11) is 0. The van der Waals surface area contributed by atoms with Crippen molar-refractivity contribution in [3.63, 3.8) is 0 Å². The molecule has 4 heterocycles. The molecular weight excluding hydrogens is 547 g/mol. The predicted molar refractivity (Wildman–Crippen MR) is 177 cm³/mol. The van der Waals surface area contributed by atoms with E-state index < -0.39 is 0 Å². The Morgan fingerprint density at radius 1 is 0.419 bits per heavy atom. The van der Waals surface area contributed by atoms with E-state index in [2.05, 4.69) is 89.3 Å². The lowest BCUT2D eigenvalue weighted by Gasteiger charge is -2.12. The van der Waals surface area contributed by atoms with Gasteiger partial charge in [0.15, 0.2) is 0 Å². The number of rotatable bonds is 3. The first-order chi connectivity index (χ1) is 21.3. The number of hydrogen-bond donors (Lipinski definition) is 0. The first-order valence-electron chi connectivity index (χ1n) is 14.1. The number of hydrogen-bond acceptors (Lipinski definition) is 6. The third kappa shape index (κ3) is 3.88. The normalized spacial score (nSPS) is 11.7. The summed E-state index contributed by atoms with van der Waals surface area (Å²) < 4.78 is 9.26. The topological polar surface area (TPSA) is 64.5 Å². The van der Waals surface area contributed by atoms with Crippen molar-refractivity contribution in [2.75, 3.05) is 0 Å². The van der Waals surface area contributed by atoms with Crippen LogP contribution >= 0.6 is 11.7 Å². The van der Waals surface area contributed by atoms with Gasteiger partial charge in [0.05, 0.1) is 45.4 Å². The summed E-state index contributed by atoms with van der Waals surface area (Å²) in [5.41, 5.74) is 10.4. The maximum Gasteiger partial charge on any atom is 0.113 e. The zero-order chi connectivity index (χ0) is 28.3. The highest BCUT2D eigenvalue weighted by molar-refractivity contribution is 7.00. The van der Waals surface area contributed by atoms with Gasteiger partial charge in [0.25, 0.3) is 0 Å². The Hall–Kier alpha value is -5.59. The van der Waals surface area contributed by atoms with Crippen LogP contribution < -0.4 is 0 Å². The van der Waals surface area contributed by atoms with E-state index in [1.807, 2.05) is 42.5 Å². The Bertz CT molecular complexity index is 2510. The number of fused-ring (bicyclic) bond motifs is 8. The predicted octanol–water partition coefficient (Wildman–Crippen LogP) is 9.49. The van der Waals surface area contributed by atoms with Gasteiger partial charge < -0.3 is 0 Å². The summed E-state index contributed by atoms with van der Waals surface area (Å²) in [6, 6.07) is 43.8. The van der Waals surface area contributed by atoms with Gasteiger partial charge in [0, 0.05) is 43.6 Å². The molecule has 0 aliphatic carbocycles. The minimum Gasteiger partial charge on any atom is -0.247 e. The van der Waals surface area contributed by atoms with Crippen molar-refractivity contribution in [1.29, 1.82) is 0 Å². The number of aromatic nitrogens is 5. The fourth-order valence-corrected chi connectivity index (χ4v) is 6.55. The molecule has 0 fully saturated rings. The largest absolute Gasteiger partial charge is 0.247 e. The van der Waals surface area contributed by atoms with Gasteiger partial charge >= 0.3 is 0 Å². The molecule has 0 saturated heterocycles. The Labute approximate surface area is 250 Å². The third-order valence-corrected chi connectivity index (χ3v) is 8.66. The van der Waals surface area contributed by atoms with E-state index >= 15 is 0 Å². The van der Waals surface area contributed by atoms with Gasteiger partial charge in [-0.2, -0.15) is 8.75 Å². The molecule has 5 nitrogen and oxygen atoms in total. The molecule has 9 rings (SSSR count). The molecule has 0 aliphatic rings. The molecule has 0 atom stereocenters. The van der Waals surface area contributed by atoms with Crippen LogP contribution in [-0.2, 0) is 0 Å². The minimum atomic E-state index is 0.887. The SMILES string of the molecule is c1ccc(-c2ccc3ccc4ccc(-c5ccc6nc(-c7ccccc7)c7ccc8nsnc8c7c6c5)nc4c3n2)cc1. The molecule has 6 heteroatoms. The zero-order valence-electron chi connectivity index (χ0n) is 22.8. The summed E-state index contributed by atoms with van der Waals surface area (Å²) >= 11 is 1.24. The summed E-state index contributed by atoms with van der Waals surface area (Å²) in [5, 5.41) is 5.29. The van der Waals surface area contributed by atoms with E-state index in [0.29, 0.717) is 0 Å². The number of benzene rings is 5. The van der Waals surface area contributed by atoms with Crippen LogP contribution in [0, 0.1) is 0 Å². The smallest absolute Gasteiger partial charge is 0.113 e. The van der Waals surface area contributed by atoms with E-state index in [1.165, 1.54) is 11.7 Å². The summed E-state index contributed by atoms with van der Waals surface area (Å²) in [6.45, 7) is 0. The fourth-order valence-electron chi connectivity index (χ4n) is 6.01. The highest BCUT2D eigenvalue weighted by atomic mass is 32.1. The lowest BCUT2D eigenvalue weighted by molar-refractivity contribution is 1.36. The molecule has 0 saturated carbocycles. The van der Waals surface area contributed by atoms with Gasteiger partial charge in [0.2, 0.25) is 0 Å². The lowest BCUT2D eigenvalue weighted by Crippen LogP contribution is -1.93. The van der Waals surface area contributed by atoms with E-state index in [9.17, 15) is 0 Å². The Morgan fingerprint density at radius 2 is 1.05 bits per heavy atom. The van der Waals surface area contributed by atoms with Crippen LogP contribution in [-0.4, -0.2) is 23.7 Å². The first-order valence-corrected chi connectivity index (χ1v) is 14.8. The molecule has 0 radical (unpaired) electrons. The van der Waals surface area contributed by atoms with E-state index in [4.69, 9.17) is 19.3 Å². The highest BCUT2D eigenvalue weighted by Crippen LogP contribution is 2.38. The minimum absolute atomic E-state index is 0.887. The molecule has 200 valence electrons. The molecule has 0 N–H and O–H groups in total. The molecule has 0 spiro atoms. The molecule has 0 amide bonds. The van der Waals surface area contributed by atoms with Gasteiger partial charge in [-0.3, -0.25) is 0 Å². The second-order valence-electron chi connectivity index (χ2n) is 10.6. The Morgan fingerprint density at radius 3 is 1.77 bits per heavy atom. The van der Waals surface area contributed by atoms with Crippen molar-refractivity contribution in [1.82, 2.24) is 23.7 Å². The third-order valence-electron chi connectivity index (χ3n) is 8.11. The van der Waals surface area contributed by atoms with E-state index in [1.54, 1.807) is 0 Å². The van der Waals surface area contributed by atoms with Gasteiger partial charge in [0.1, 0.15) is 11.0 Å². The zero-order valence-corrected chi connectivity index (χ0v) is 23.6. The van der Waals surface area contributed by atoms with Crippen LogP contribution in [0.4, 0.5) is 0 Å². The summed E-state index contributed by atoms with van der Waals surface area (Å²) in [5.74, 6) is 0. The average molecular weight is 568 g/mol. The molecule has 9 aromatic rings. The van der Waals surface area contributed by atoms with Crippen molar-refractivity contribution in [3.05, 3.63) is 127 Å². The maximum absolute atomic E-state index is 5.20. The van der Waals surface area contributed by atoms with Crippen LogP contribution in [0.3, 0.4) is 0 Å². The Kier molecular flexibility index (Phi) is 5.30. The van der Waals surface area contributed by atoms with Gasteiger partial charge in [-0.1, -0.05) is 91.0 Å². The molecule has 5 aromatic carbocycles. The molecule has 0 unspecified atom stereocenters. The maximum atomic E-state index is 5.20. The summed E-state index contributed by atoms with van der Waals surface area (Å²) in [6.07, 6.45) is 0. The standard InChI is InChI=1S/C37H21N5S/c1-3-7-22(8-4-1)29-17-13-24-11-12-25-14-18-30(39-36(25)35(24)38-29)26-15-19-31-28(21-26)33-27(16-20-32-37(33)42-43-41-32)34(40-31)23-9-5-2-6-10-23/h1-21H. The van der Waals surface area contributed by atoms with E-state index in [-0.39, 0.29) is 0 Å². The van der Waals surface area contributed by atoms with Gasteiger partial charge in [-0.05, 0) is 36.4 Å². The van der Waals surface area contributed by atoms with Crippen molar-refractivity contribution in [2.24, 2.45) is 0 Å². The molecule has 43 heavy (non-hydrogen) atoms. The average Bonchev–Trinajstić information content (AvgIpc) is 3.57. The van der Waals surface area contributed by atoms with Crippen LogP contribution in [0.15, 0.2) is 127 Å². The molecular formula is C37H21N5S. The second kappa shape index (κ2) is 9.48. The van der Waals surface area contributed by atoms with Crippen molar-refractivity contribution >= 4 is 66.2 Å². The monoisotopic (exact) mass is 567 g/mol. The molecule has 4 aromatic heterocycles. The number of nitrogens with zero attached hydrogens (tertiary/aromatic N) is 5. The summed E-state index contributed by atoms with van der Waals surface area (Å²) in [4.78, 5) is 15.4. The van der Waals surface area contributed by atoms with Crippen LogP contribution in [0.2, 0.25) is 0 Å². The van der Waals surface area contributed by atoms with Crippen LogP contribution in [0.25, 0.3) is 88.3 Å². The van der Waals surface area contributed by atoms with Crippen LogP contribution in [0.1, 0.15) is 0 Å². The number of pyridine rings is 3. The Balaban J connectivity index is 1.28. The highest BCUT2D eigenvalue weighted by Gasteiger charge is 2.16. The first kappa shape index (κ1) is 24.1. The lowest BCUT2D eigenvalue weighted by atomic mass is 9.97. The van der Waals surface area contributed by atoms with E-state index in [0.717, 1.165) is 88.3 Å². The van der Waals surface area contributed by atoms with Gasteiger partial charge in [-0.25, -0.2) is 15.0 Å². The van der Waals surface area contributed by atoms with Crippen molar-refractivity contribution in [2.45, 2.75) is 0 Å². The molecule has 0 aliphatic heterocycles. The quantitative estimate of drug-likeness (QED) is 0.199.